The Balaban J connectivity index is 1.67. The number of aliphatic hydroxyl groups excluding tert-OH is 1. The van der Waals surface area contributed by atoms with Crippen LogP contribution in [0.3, 0.4) is 0 Å². The van der Waals surface area contributed by atoms with E-state index in [1.807, 2.05) is 6.92 Å². The summed E-state index contributed by atoms with van der Waals surface area (Å²) in [6.07, 6.45) is -1.99. The quantitative estimate of drug-likeness (QED) is 0.564. The molecule has 4 aliphatic carbocycles. The van der Waals surface area contributed by atoms with Crippen molar-refractivity contribution in [3.63, 3.8) is 0 Å². The number of aliphatic hydroxyl groups is 1. The fourth-order valence-corrected chi connectivity index (χ4v) is 8.30. The fraction of sp³-hybridized carbons (Fsp3) is 0.750. The minimum Gasteiger partial charge on any atom is -0.487 e. The first-order chi connectivity index (χ1) is 15.2. The lowest BCUT2D eigenvalue weighted by atomic mass is 9.44. The number of methoxy groups -OCH3 is 1. The highest BCUT2D eigenvalue weighted by atomic mass is 32.1. The average molecular weight is 487 g/mol. The molecule has 1 saturated heterocycles. The Labute approximate surface area is 196 Å². The molecule has 1 N–H and O–H groups in total. The van der Waals surface area contributed by atoms with E-state index in [0.29, 0.717) is 6.42 Å². The molecule has 0 amide bonds. The second kappa shape index (κ2) is 6.68. The lowest BCUT2D eigenvalue weighted by Gasteiger charge is -2.63. The van der Waals surface area contributed by atoms with Crippen LogP contribution in [0.4, 0.5) is 13.2 Å². The summed E-state index contributed by atoms with van der Waals surface area (Å²) < 4.78 is 65.6. The number of thiocarbonyl (C=S) groups is 1. The number of hydrogen-bond donors (Lipinski definition) is 1. The molecule has 0 bridgehead atoms. The minimum atomic E-state index is -2.40. The number of fused-ring (bicyclic) bond motifs is 7. The first-order valence-electron chi connectivity index (χ1n) is 11.3. The van der Waals surface area contributed by atoms with Crippen molar-refractivity contribution in [3.05, 3.63) is 23.6 Å². The highest BCUT2D eigenvalue weighted by Crippen LogP contribution is 2.73. The fourth-order valence-electron chi connectivity index (χ4n) is 7.90. The van der Waals surface area contributed by atoms with Crippen molar-refractivity contribution in [3.8, 4) is 0 Å². The number of allylic oxidation sites excluding steroid dienone is 4. The largest absolute Gasteiger partial charge is 0.487 e. The van der Waals surface area contributed by atoms with Gasteiger partial charge in [-0.15, -0.1) is 0 Å². The van der Waals surface area contributed by atoms with Crippen LogP contribution in [0, 0.1) is 22.7 Å². The first kappa shape index (κ1) is 23.5. The molecule has 9 atom stereocenters. The molecule has 1 aliphatic heterocycles. The maximum Gasteiger partial charge on any atom is 0.213 e. The molecule has 33 heavy (non-hydrogen) atoms. The van der Waals surface area contributed by atoms with Crippen LogP contribution in [-0.4, -0.2) is 58.5 Å². The summed E-state index contributed by atoms with van der Waals surface area (Å²) in [5.41, 5.74) is -6.87. The smallest absolute Gasteiger partial charge is 0.213 e. The van der Waals surface area contributed by atoms with E-state index in [9.17, 15) is 14.3 Å². The Morgan fingerprint density at radius 3 is 2.55 bits per heavy atom. The number of rotatable bonds is 1. The van der Waals surface area contributed by atoms with E-state index in [1.165, 1.54) is 20.1 Å². The third-order valence-electron chi connectivity index (χ3n) is 9.19. The van der Waals surface area contributed by atoms with E-state index >= 15 is 8.78 Å². The van der Waals surface area contributed by atoms with E-state index in [-0.39, 0.29) is 17.9 Å². The Morgan fingerprint density at radius 2 is 1.91 bits per heavy atom. The van der Waals surface area contributed by atoms with E-state index in [4.69, 9.17) is 26.4 Å². The van der Waals surface area contributed by atoms with Crippen LogP contribution >= 0.6 is 12.2 Å². The molecule has 3 saturated carbocycles. The van der Waals surface area contributed by atoms with Gasteiger partial charge in [0.05, 0.1) is 19.3 Å². The Morgan fingerprint density at radius 1 is 1.24 bits per heavy atom. The number of carbonyl (C=O) groups excluding carboxylic acids is 1. The molecule has 182 valence electrons. The molecule has 4 fully saturated rings. The molecular formula is C24H29F3O5S. The number of ketones is 1. The van der Waals surface area contributed by atoms with Gasteiger partial charge in [0, 0.05) is 22.3 Å². The lowest BCUT2D eigenvalue weighted by Crippen LogP contribution is -2.71. The van der Waals surface area contributed by atoms with Crippen molar-refractivity contribution in [2.24, 2.45) is 22.7 Å². The molecule has 0 unspecified atom stereocenters. The van der Waals surface area contributed by atoms with Crippen LogP contribution in [0.2, 0.25) is 0 Å². The molecule has 0 radical (unpaired) electrons. The zero-order valence-electron chi connectivity index (χ0n) is 19.3. The summed E-state index contributed by atoms with van der Waals surface area (Å²) in [6.45, 7) is 6.74. The summed E-state index contributed by atoms with van der Waals surface area (Å²) in [5.74, 6) is -4.71. The van der Waals surface area contributed by atoms with Gasteiger partial charge in [0.1, 0.15) is 6.17 Å². The Hall–Kier alpha value is -1.29. The summed E-state index contributed by atoms with van der Waals surface area (Å²) in [6, 6.07) is 0. The standard InChI is InChI=1S/C24H29F3O5S/c1-20(2)31-16-9-11-12-8-13(25)17-18(26)14(28)6-7-21(17,3)23(12,27)15(29)10-22(11,4)24(16,32-20)19(33)30-5/h6-7,11-13,15-16,29H,8-10H2,1-5H3/t11-,12-,13-,15-,16+,21-,22-,23-,24-/m0/s1. The summed E-state index contributed by atoms with van der Waals surface area (Å²) >= 11 is 5.58. The molecular weight excluding hydrogens is 457 g/mol. The molecule has 0 spiro atoms. The molecule has 0 aromatic carbocycles. The number of halogens is 3. The Kier molecular flexibility index (Phi) is 4.75. The van der Waals surface area contributed by atoms with Crippen molar-refractivity contribution in [2.75, 3.05) is 7.11 Å². The van der Waals surface area contributed by atoms with Gasteiger partial charge in [-0.25, -0.2) is 13.2 Å². The van der Waals surface area contributed by atoms with Gasteiger partial charge in [0.15, 0.2) is 27.9 Å². The number of hydrogen-bond acceptors (Lipinski definition) is 6. The summed E-state index contributed by atoms with van der Waals surface area (Å²) in [4.78, 5) is 11.9. The van der Waals surface area contributed by atoms with Crippen LogP contribution in [0.5, 0.6) is 0 Å². The average Bonchev–Trinajstić information content (AvgIpc) is 3.13. The maximum atomic E-state index is 17.2. The van der Waals surface area contributed by atoms with Gasteiger partial charge in [0.25, 0.3) is 0 Å². The van der Waals surface area contributed by atoms with Crippen molar-refractivity contribution in [1.29, 1.82) is 0 Å². The van der Waals surface area contributed by atoms with Crippen LogP contribution in [0.15, 0.2) is 23.6 Å². The van der Waals surface area contributed by atoms with E-state index in [0.717, 1.165) is 6.08 Å². The third-order valence-corrected chi connectivity index (χ3v) is 9.66. The zero-order valence-corrected chi connectivity index (χ0v) is 20.1. The summed E-state index contributed by atoms with van der Waals surface area (Å²) in [7, 11) is 1.43. The van der Waals surface area contributed by atoms with Gasteiger partial charge >= 0.3 is 0 Å². The topological polar surface area (TPSA) is 65.0 Å². The zero-order chi connectivity index (χ0) is 24.4. The van der Waals surface area contributed by atoms with Gasteiger partial charge in [-0.2, -0.15) is 0 Å². The highest BCUT2D eigenvalue weighted by molar-refractivity contribution is 7.80. The lowest BCUT2D eigenvalue weighted by molar-refractivity contribution is -0.241. The first-order valence-corrected chi connectivity index (χ1v) is 11.7. The molecule has 0 aromatic rings. The normalized spacial score (nSPS) is 52.2. The van der Waals surface area contributed by atoms with Crippen LogP contribution in [0.1, 0.15) is 47.0 Å². The van der Waals surface area contributed by atoms with E-state index in [1.54, 1.807) is 13.8 Å². The minimum absolute atomic E-state index is 0.0761. The molecule has 5 aliphatic rings. The number of carbonyl (C=O) groups is 1. The van der Waals surface area contributed by atoms with Crippen molar-refractivity contribution in [1.82, 2.24) is 0 Å². The SMILES string of the molecule is COC(=S)[C@@]12OC(C)(C)O[C@@H]1C[C@H]1[C@@H]3C[C@H](F)C4=C(F)C(=O)C=C[C@]4(C)[C@@]3(F)[C@@H](O)C[C@@]12C. The molecule has 5 rings (SSSR count). The predicted molar refractivity (Wildman–Crippen MR) is 116 cm³/mol. The predicted octanol–water partition coefficient (Wildman–Crippen LogP) is 4.08. The third kappa shape index (κ3) is 2.50. The van der Waals surface area contributed by atoms with Crippen molar-refractivity contribution < 1.29 is 37.3 Å². The van der Waals surface area contributed by atoms with Gasteiger partial charge < -0.3 is 19.3 Å². The molecule has 5 nitrogen and oxygen atoms in total. The van der Waals surface area contributed by atoms with E-state index in [2.05, 4.69) is 0 Å². The van der Waals surface area contributed by atoms with Gasteiger partial charge in [-0.3, -0.25) is 4.79 Å². The number of alkyl halides is 2. The number of ether oxygens (including phenoxy) is 3. The monoisotopic (exact) mass is 486 g/mol. The Bertz CT molecular complexity index is 1010. The second-order valence-corrected chi connectivity index (χ2v) is 11.4. The highest BCUT2D eigenvalue weighted by Gasteiger charge is 2.80. The van der Waals surface area contributed by atoms with Crippen molar-refractivity contribution in [2.45, 2.75) is 82.4 Å². The summed E-state index contributed by atoms with van der Waals surface area (Å²) in [5, 5.41) is 11.5. The van der Waals surface area contributed by atoms with Crippen LogP contribution in [-0.2, 0) is 19.0 Å². The molecule has 9 heteroatoms. The van der Waals surface area contributed by atoms with Gasteiger partial charge in [-0.05, 0) is 64.2 Å². The molecule has 0 aromatic heterocycles. The molecule has 1 heterocycles. The maximum absolute atomic E-state index is 17.2. The van der Waals surface area contributed by atoms with Crippen molar-refractivity contribution >= 4 is 23.1 Å². The van der Waals surface area contributed by atoms with Gasteiger partial charge in [0.2, 0.25) is 5.78 Å². The second-order valence-electron chi connectivity index (χ2n) is 11.0. The van der Waals surface area contributed by atoms with Crippen LogP contribution < -0.4 is 0 Å². The van der Waals surface area contributed by atoms with Crippen LogP contribution in [0.25, 0.3) is 0 Å². The van der Waals surface area contributed by atoms with E-state index < -0.39 is 75.3 Å². The van der Waals surface area contributed by atoms with Gasteiger partial charge in [-0.1, -0.05) is 13.0 Å².